The maximum atomic E-state index is 3.58. The van der Waals surface area contributed by atoms with Gasteiger partial charge in [0.2, 0.25) is 0 Å². The molecule has 0 saturated heterocycles. The van der Waals surface area contributed by atoms with E-state index in [0.29, 0.717) is 11.5 Å². The number of hydrogen-bond donors (Lipinski definition) is 1. The van der Waals surface area contributed by atoms with Crippen molar-refractivity contribution in [1.29, 1.82) is 0 Å². The Morgan fingerprint density at radius 3 is 2.57 bits per heavy atom. The highest BCUT2D eigenvalue weighted by Crippen LogP contribution is 2.36. The van der Waals surface area contributed by atoms with Crippen LogP contribution in [0.1, 0.15) is 45.7 Å². The van der Waals surface area contributed by atoms with E-state index in [-0.39, 0.29) is 0 Å². The molecule has 1 rings (SSSR count). The molecule has 14 heavy (non-hydrogen) atoms. The second-order valence-electron chi connectivity index (χ2n) is 4.39. The minimum absolute atomic E-state index is 0.330. The van der Waals surface area contributed by atoms with Crippen LogP contribution in [0.2, 0.25) is 0 Å². The lowest BCUT2D eigenvalue weighted by atomic mass is 9.79. The van der Waals surface area contributed by atoms with Gasteiger partial charge in [0.15, 0.2) is 0 Å². The quantitative estimate of drug-likeness (QED) is 0.780. The van der Waals surface area contributed by atoms with E-state index in [1.807, 2.05) is 0 Å². The molecular formula is C12H21NS. The molecule has 1 aromatic rings. The summed E-state index contributed by atoms with van der Waals surface area (Å²) in [5.41, 5.74) is 1.76. The summed E-state index contributed by atoms with van der Waals surface area (Å²) < 4.78 is 0. The average Bonchev–Trinajstić information content (AvgIpc) is 2.66. The molecule has 0 bridgehead atoms. The first-order valence-electron chi connectivity index (χ1n) is 5.37. The molecule has 80 valence electrons. The summed E-state index contributed by atoms with van der Waals surface area (Å²) in [4.78, 5) is 0. The lowest BCUT2D eigenvalue weighted by Gasteiger charge is -2.33. The van der Waals surface area contributed by atoms with Crippen molar-refractivity contribution in [2.45, 2.75) is 40.2 Å². The maximum Gasteiger partial charge on any atom is 0.0379 e. The summed E-state index contributed by atoms with van der Waals surface area (Å²) >= 11 is 1.78. The van der Waals surface area contributed by atoms with Gasteiger partial charge in [-0.3, -0.25) is 0 Å². The normalized spacial score (nSPS) is 14.3. The van der Waals surface area contributed by atoms with Gasteiger partial charge in [-0.25, -0.2) is 0 Å². The Labute approximate surface area is 91.5 Å². The molecule has 0 fully saturated rings. The van der Waals surface area contributed by atoms with Gasteiger partial charge in [-0.15, -0.1) is 0 Å². The molecular weight excluding hydrogens is 190 g/mol. The van der Waals surface area contributed by atoms with Gasteiger partial charge in [0.1, 0.15) is 0 Å². The van der Waals surface area contributed by atoms with Crippen LogP contribution in [0, 0.1) is 5.41 Å². The van der Waals surface area contributed by atoms with Crippen LogP contribution >= 0.6 is 11.3 Å². The Kier molecular flexibility index (Phi) is 4.14. The predicted molar refractivity (Wildman–Crippen MR) is 64.8 cm³/mol. The van der Waals surface area contributed by atoms with Gasteiger partial charge in [0, 0.05) is 6.04 Å². The molecule has 0 amide bonds. The van der Waals surface area contributed by atoms with Crippen LogP contribution in [0.15, 0.2) is 16.8 Å². The molecule has 0 saturated carbocycles. The maximum absolute atomic E-state index is 3.58. The predicted octanol–water partition coefficient (Wildman–Crippen LogP) is 3.83. The third-order valence-corrected chi connectivity index (χ3v) is 3.68. The van der Waals surface area contributed by atoms with Crippen molar-refractivity contribution in [1.82, 2.24) is 5.32 Å². The summed E-state index contributed by atoms with van der Waals surface area (Å²) in [6, 6.07) is 2.72. The molecule has 0 aliphatic rings. The van der Waals surface area contributed by atoms with Gasteiger partial charge in [0.05, 0.1) is 0 Å². The van der Waals surface area contributed by atoms with Gasteiger partial charge in [-0.2, -0.15) is 11.3 Å². The Balaban J connectivity index is 2.84. The highest BCUT2D eigenvalue weighted by atomic mass is 32.1. The Morgan fingerprint density at radius 2 is 2.14 bits per heavy atom. The third-order valence-electron chi connectivity index (χ3n) is 2.98. The van der Waals surface area contributed by atoms with Crippen molar-refractivity contribution in [3.05, 3.63) is 22.4 Å². The van der Waals surface area contributed by atoms with Gasteiger partial charge in [-0.1, -0.05) is 27.7 Å². The Hall–Kier alpha value is -0.340. The number of hydrogen-bond acceptors (Lipinski definition) is 2. The number of thiophene rings is 1. The summed E-state index contributed by atoms with van der Waals surface area (Å²) in [6.07, 6.45) is 1.19. The first-order valence-corrected chi connectivity index (χ1v) is 6.31. The van der Waals surface area contributed by atoms with Crippen molar-refractivity contribution in [2.24, 2.45) is 5.41 Å². The molecule has 0 spiro atoms. The van der Waals surface area contributed by atoms with Crippen LogP contribution in [0.5, 0.6) is 0 Å². The van der Waals surface area contributed by atoms with Gasteiger partial charge >= 0.3 is 0 Å². The van der Waals surface area contributed by atoms with Crippen LogP contribution in [0.25, 0.3) is 0 Å². The van der Waals surface area contributed by atoms with E-state index in [1.165, 1.54) is 12.0 Å². The summed E-state index contributed by atoms with van der Waals surface area (Å²) in [5, 5.41) is 8.00. The van der Waals surface area contributed by atoms with Gasteiger partial charge < -0.3 is 5.32 Å². The topological polar surface area (TPSA) is 12.0 Å². The fourth-order valence-electron chi connectivity index (χ4n) is 1.69. The van der Waals surface area contributed by atoms with E-state index in [2.05, 4.69) is 49.8 Å². The first kappa shape index (κ1) is 11.7. The van der Waals surface area contributed by atoms with Crippen molar-refractivity contribution >= 4 is 11.3 Å². The van der Waals surface area contributed by atoms with Gasteiger partial charge in [-0.05, 0) is 40.8 Å². The lowest BCUT2D eigenvalue weighted by molar-refractivity contribution is 0.238. The molecule has 0 radical (unpaired) electrons. The first-order chi connectivity index (χ1) is 6.61. The van der Waals surface area contributed by atoms with Crippen molar-refractivity contribution < 1.29 is 0 Å². The molecule has 0 aliphatic carbocycles. The molecule has 2 heteroatoms. The Bertz CT molecular complexity index is 251. The molecule has 0 aliphatic heterocycles. The zero-order valence-electron chi connectivity index (χ0n) is 9.63. The van der Waals surface area contributed by atoms with Crippen LogP contribution in [-0.4, -0.2) is 6.54 Å². The standard InChI is InChI=1S/C12H21NS/c1-5-12(3,4)11(13-6-2)10-7-8-14-9-10/h7-9,11,13H,5-6H2,1-4H3. The molecule has 0 aromatic carbocycles. The van der Waals surface area contributed by atoms with E-state index in [0.717, 1.165) is 6.54 Å². The van der Waals surface area contributed by atoms with E-state index < -0.39 is 0 Å². The van der Waals surface area contributed by atoms with Gasteiger partial charge in [0.25, 0.3) is 0 Å². The van der Waals surface area contributed by atoms with E-state index >= 15 is 0 Å². The lowest BCUT2D eigenvalue weighted by Crippen LogP contribution is -2.33. The zero-order chi connectivity index (χ0) is 10.6. The average molecular weight is 211 g/mol. The fraction of sp³-hybridized carbons (Fsp3) is 0.667. The summed E-state index contributed by atoms with van der Waals surface area (Å²) in [5.74, 6) is 0. The Morgan fingerprint density at radius 1 is 1.43 bits per heavy atom. The molecule has 1 unspecified atom stereocenters. The molecule has 1 aromatic heterocycles. The largest absolute Gasteiger partial charge is 0.310 e. The van der Waals surface area contributed by atoms with Crippen LogP contribution in [-0.2, 0) is 0 Å². The third kappa shape index (κ3) is 2.58. The molecule has 1 N–H and O–H groups in total. The molecule has 1 heterocycles. The second-order valence-corrected chi connectivity index (χ2v) is 5.17. The van der Waals surface area contributed by atoms with Crippen LogP contribution < -0.4 is 5.32 Å². The summed E-state index contributed by atoms with van der Waals surface area (Å²) in [6.45, 7) is 10.1. The number of rotatable bonds is 5. The minimum Gasteiger partial charge on any atom is -0.310 e. The fourth-order valence-corrected chi connectivity index (χ4v) is 2.38. The smallest absolute Gasteiger partial charge is 0.0379 e. The SMILES string of the molecule is CCNC(c1ccsc1)C(C)(C)CC. The second kappa shape index (κ2) is 4.94. The number of nitrogens with one attached hydrogen (secondary N) is 1. The molecule has 1 atom stereocenters. The zero-order valence-corrected chi connectivity index (χ0v) is 10.4. The van der Waals surface area contributed by atoms with Crippen LogP contribution in [0.4, 0.5) is 0 Å². The molecule has 1 nitrogen and oxygen atoms in total. The van der Waals surface area contributed by atoms with E-state index in [9.17, 15) is 0 Å². The van der Waals surface area contributed by atoms with Crippen LogP contribution in [0.3, 0.4) is 0 Å². The highest BCUT2D eigenvalue weighted by Gasteiger charge is 2.28. The van der Waals surface area contributed by atoms with E-state index in [1.54, 1.807) is 11.3 Å². The van der Waals surface area contributed by atoms with Crippen molar-refractivity contribution in [3.63, 3.8) is 0 Å². The monoisotopic (exact) mass is 211 g/mol. The van der Waals surface area contributed by atoms with E-state index in [4.69, 9.17) is 0 Å². The highest BCUT2D eigenvalue weighted by molar-refractivity contribution is 7.07. The minimum atomic E-state index is 0.330. The summed E-state index contributed by atoms with van der Waals surface area (Å²) in [7, 11) is 0. The van der Waals surface area contributed by atoms with Crippen molar-refractivity contribution in [2.75, 3.05) is 6.54 Å². The van der Waals surface area contributed by atoms with Crippen molar-refractivity contribution in [3.8, 4) is 0 Å².